The van der Waals surface area contributed by atoms with Gasteiger partial charge < -0.3 is 18.9 Å². The maximum absolute atomic E-state index is 5.54. The van der Waals surface area contributed by atoms with Crippen molar-refractivity contribution in [3.8, 4) is 45.4 Å². The van der Waals surface area contributed by atoms with E-state index in [1.807, 2.05) is 49.4 Å². The zero-order valence-electron chi connectivity index (χ0n) is 18.4. The first kappa shape index (κ1) is 20.5. The van der Waals surface area contributed by atoms with Crippen LogP contribution in [0.3, 0.4) is 0 Å². The first-order valence-electron chi connectivity index (χ1n) is 9.94. The van der Waals surface area contributed by atoms with Crippen LogP contribution in [0.25, 0.3) is 33.2 Å². The van der Waals surface area contributed by atoms with Crippen molar-refractivity contribution >= 4 is 10.8 Å². The van der Waals surface area contributed by atoms with Crippen molar-refractivity contribution in [1.82, 2.24) is 4.98 Å². The van der Waals surface area contributed by atoms with Crippen LogP contribution in [0.4, 0.5) is 0 Å². The maximum atomic E-state index is 5.54. The number of aromatic nitrogens is 1. The molecule has 0 aliphatic carbocycles. The first-order chi connectivity index (χ1) is 15.1. The van der Waals surface area contributed by atoms with E-state index < -0.39 is 0 Å². The zero-order valence-corrected chi connectivity index (χ0v) is 18.4. The van der Waals surface area contributed by atoms with Crippen LogP contribution in [0.5, 0.6) is 23.0 Å². The third-order valence-corrected chi connectivity index (χ3v) is 5.42. The fourth-order valence-corrected chi connectivity index (χ4v) is 3.85. The summed E-state index contributed by atoms with van der Waals surface area (Å²) in [7, 11) is 6.61. The fraction of sp³-hybridized carbons (Fsp3) is 0.192. The molecule has 3 aromatic carbocycles. The van der Waals surface area contributed by atoms with Crippen LogP contribution in [-0.4, -0.2) is 33.4 Å². The molecule has 0 saturated carbocycles. The standard InChI is InChI=1S/C26H25NO4/c1-16-21-11-10-20(29-3)15-22(21)25(17-7-6-8-19(13-17)28-2)26(27-16)18-9-12-23(30-4)24(14-18)31-5/h6-15H,1-5H3. The Labute approximate surface area is 182 Å². The summed E-state index contributed by atoms with van der Waals surface area (Å²) >= 11 is 0. The van der Waals surface area contributed by atoms with E-state index in [2.05, 4.69) is 18.2 Å². The molecule has 0 radical (unpaired) electrons. The normalized spacial score (nSPS) is 10.7. The molecule has 4 rings (SSSR count). The lowest BCUT2D eigenvalue weighted by atomic mass is 9.92. The molecule has 5 nitrogen and oxygen atoms in total. The average molecular weight is 415 g/mol. The van der Waals surface area contributed by atoms with E-state index in [9.17, 15) is 0 Å². The van der Waals surface area contributed by atoms with E-state index in [4.69, 9.17) is 23.9 Å². The van der Waals surface area contributed by atoms with E-state index in [-0.39, 0.29) is 0 Å². The number of nitrogens with zero attached hydrogens (tertiary/aromatic N) is 1. The Morgan fingerprint density at radius 1 is 0.613 bits per heavy atom. The van der Waals surface area contributed by atoms with Crippen LogP contribution in [0.2, 0.25) is 0 Å². The van der Waals surface area contributed by atoms with E-state index in [1.165, 1.54) is 0 Å². The molecule has 0 spiro atoms. The lowest BCUT2D eigenvalue weighted by molar-refractivity contribution is 0.355. The van der Waals surface area contributed by atoms with E-state index >= 15 is 0 Å². The summed E-state index contributed by atoms with van der Waals surface area (Å²) in [6.07, 6.45) is 0. The molecular weight excluding hydrogens is 390 g/mol. The Bertz CT molecular complexity index is 1250. The van der Waals surface area contributed by atoms with Gasteiger partial charge in [-0.05, 0) is 66.4 Å². The number of ether oxygens (including phenoxy) is 4. The van der Waals surface area contributed by atoms with Crippen LogP contribution in [0, 0.1) is 6.92 Å². The van der Waals surface area contributed by atoms with E-state index in [0.29, 0.717) is 11.5 Å². The summed E-state index contributed by atoms with van der Waals surface area (Å²) in [6.45, 7) is 2.02. The zero-order chi connectivity index (χ0) is 22.0. The highest BCUT2D eigenvalue weighted by atomic mass is 16.5. The molecule has 0 amide bonds. The molecule has 0 aliphatic heterocycles. The van der Waals surface area contributed by atoms with Gasteiger partial charge >= 0.3 is 0 Å². The van der Waals surface area contributed by atoms with Gasteiger partial charge in [0.2, 0.25) is 0 Å². The molecule has 4 aromatic rings. The van der Waals surface area contributed by atoms with Crippen LogP contribution in [0.1, 0.15) is 5.69 Å². The van der Waals surface area contributed by atoms with Gasteiger partial charge in [0.05, 0.1) is 34.1 Å². The number of methoxy groups -OCH3 is 4. The lowest BCUT2D eigenvalue weighted by Crippen LogP contribution is -1.98. The summed E-state index contributed by atoms with van der Waals surface area (Å²) < 4.78 is 22.0. The number of rotatable bonds is 6. The van der Waals surface area contributed by atoms with Crippen molar-refractivity contribution in [2.24, 2.45) is 0 Å². The van der Waals surface area contributed by atoms with Crippen molar-refractivity contribution in [2.45, 2.75) is 6.92 Å². The molecule has 1 heterocycles. The second-order valence-corrected chi connectivity index (χ2v) is 7.13. The number of fused-ring (bicyclic) bond motifs is 1. The van der Waals surface area contributed by atoms with Crippen molar-refractivity contribution in [3.63, 3.8) is 0 Å². The smallest absolute Gasteiger partial charge is 0.161 e. The lowest BCUT2D eigenvalue weighted by Gasteiger charge is -2.17. The molecular formula is C26H25NO4. The Kier molecular flexibility index (Phi) is 5.67. The molecule has 0 atom stereocenters. The van der Waals surface area contributed by atoms with Crippen molar-refractivity contribution < 1.29 is 18.9 Å². The highest BCUT2D eigenvalue weighted by Crippen LogP contribution is 2.42. The molecule has 0 unspecified atom stereocenters. The predicted molar refractivity (Wildman–Crippen MR) is 124 cm³/mol. The number of hydrogen-bond acceptors (Lipinski definition) is 5. The Balaban J connectivity index is 2.09. The van der Waals surface area contributed by atoms with Crippen molar-refractivity contribution in [2.75, 3.05) is 28.4 Å². The van der Waals surface area contributed by atoms with Gasteiger partial charge in [0.1, 0.15) is 11.5 Å². The summed E-state index contributed by atoms with van der Waals surface area (Å²) in [5, 5.41) is 2.13. The molecule has 0 fully saturated rings. The number of hydrogen-bond donors (Lipinski definition) is 0. The Morgan fingerprint density at radius 2 is 1.35 bits per heavy atom. The number of pyridine rings is 1. The van der Waals surface area contributed by atoms with Crippen LogP contribution < -0.4 is 18.9 Å². The molecule has 0 aliphatic rings. The summed E-state index contributed by atoms with van der Waals surface area (Å²) in [5.74, 6) is 2.91. The molecule has 1 aromatic heterocycles. The minimum atomic E-state index is 0.654. The van der Waals surface area contributed by atoms with Crippen LogP contribution in [0.15, 0.2) is 60.7 Å². The van der Waals surface area contributed by atoms with Crippen LogP contribution >= 0.6 is 0 Å². The van der Waals surface area contributed by atoms with Gasteiger partial charge in [-0.1, -0.05) is 12.1 Å². The predicted octanol–water partition coefficient (Wildman–Crippen LogP) is 5.91. The molecule has 5 heteroatoms. The highest BCUT2D eigenvalue weighted by molar-refractivity contribution is 6.04. The van der Waals surface area contributed by atoms with E-state index in [0.717, 1.165) is 50.3 Å². The maximum Gasteiger partial charge on any atom is 0.161 e. The van der Waals surface area contributed by atoms with Gasteiger partial charge in [-0.25, -0.2) is 0 Å². The quantitative estimate of drug-likeness (QED) is 0.392. The Morgan fingerprint density at radius 3 is 2.06 bits per heavy atom. The fourth-order valence-electron chi connectivity index (χ4n) is 3.85. The SMILES string of the molecule is COc1cccc(-c2c(-c3ccc(OC)c(OC)c3)nc(C)c3ccc(OC)cc23)c1. The van der Waals surface area contributed by atoms with Crippen LogP contribution in [-0.2, 0) is 0 Å². The third-order valence-electron chi connectivity index (χ3n) is 5.42. The van der Waals surface area contributed by atoms with E-state index in [1.54, 1.807) is 28.4 Å². The third kappa shape index (κ3) is 3.75. The largest absolute Gasteiger partial charge is 0.497 e. The molecule has 158 valence electrons. The van der Waals surface area contributed by atoms with Crippen molar-refractivity contribution in [1.29, 1.82) is 0 Å². The highest BCUT2D eigenvalue weighted by Gasteiger charge is 2.18. The monoisotopic (exact) mass is 415 g/mol. The first-order valence-corrected chi connectivity index (χ1v) is 9.94. The summed E-state index contributed by atoms with van der Waals surface area (Å²) in [4.78, 5) is 5.01. The van der Waals surface area contributed by atoms with Gasteiger partial charge in [-0.3, -0.25) is 4.98 Å². The number of benzene rings is 3. The topological polar surface area (TPSA) is 49.8 Å². The second kappa shape index (κ2) is 8.56. The van der Waals surface area contributed by atoms with Gasteiger partial charge in [-0.15, -0.1) is 0 Å². The molecule has 31 heavy (non-hydrogen) atoms. The van der Waals surface area contributed by atoms with Gasteiger partial charge in [0.15, 0.2) is 11.5 Å². The summed E-state index contributed by atoms with van der Waals surface area (Å²) in [5.41, 5.74) is 4.74. The minimum absolute atomic E-state index is 0.654. The van der Waals surface area contributed by atoms with Gasteiger partial charge in [0, 0.05) is 22.2 Å². The molecule has 0 saturated heterocycles. The Hall–Kier alpha value is -3.73. The second-order valence-electron chi connectivity index (χ2n) is 7.13. The van der Waals surface area contributed by atoms with Crippen molar-refractivity contribution in [3.05, 3.63) is 66.4 Å². The number of aryl methyl sites for hydroxylation is 1. The van der Waals surface area contributed by atoms with Gasteiger partial charge in [-0.2, -0.15) is 0 Å². The minimum Gasteiger partial charge on any atom is -0.497 e. The molecule has 0 bridgehead atoms. The van der Waals surface area contributed by atoms with Gasteiger partial charge in [0.25, 0.3) is 0 Å². The molecule has 0 N–H and O–H groups in total. The summed E-state index contributed by atoms with van der Waals surface area (Å²) in [6, 6.07) is 19.9. The average Bonchev–Trinajstić information content (AvgIpc) is 2.83.